The Hall–Kier alpha value is -0.0500. The number of hydrogen-bond acceptors (Lipinski definition) is 3. The Morgan fingerprint density at radius 3 is 2.22 bits per heavy atom. The molecule has 0 saturated heterocycles. The Bertz CT molecular complexity index is 284. The van der Waals surface area contributed by atoms with E-state index in [0.717, 1.165) is 0 Å². The van der Waals surface area contributed by atoms with Crippen molar-refractivity contribution >= 4 is 25.8 Å². The maximum absolute atomic E-state index is 12.1. The molecule has 0 saturated carbocycles. The molecule has 0 rings (SSSR count). The van der Waals surface area contributed by atoms with E-state index in [-0.39, 0.29) is 6.04 Å². The van der Waals surface area contributed by atoms with E-state index in [2.05, 4.69) is 10.1 Å². The molecule has 110 valence electrons. The van der Waals surface area contributed by atoms with Gasteiger partial charge in [-0.1, -0.05) is 0 Å². The van der Waals surface area contributed by atoms with Crippen LogP contribution < -0.4 is 5.32 Å². The van der Waals surface area contributed by atoms with Crippen molar-refractivity contribution in [2.75, 3.05) is 23.0 Å². The molecule has 0 bridgehead atoms. The van der Waals surface area contributed by atoms with Crippen LogP contribution in [0.1, 0.15) is 20.8 Å². The Kier molecular flexibility index (Phi) is 6.91. The molecule has 3 nitrogen and oxygen atoms in total. The molecule has 0 aromatic carbocycles. The SMILES string of the molecule is CCNC(C)C(C)(C(=O)OCC(F)(F)F)I(C)C. The van der Waals surface area contributed by atoms with Crippen molar-refractivity contribution in [3.63, 3.8) is 0 Å². The first-order valence-electron chi connectivity index (χ1n) is 5.53. The summed E-state index contributed by atoms with van der Waals surface area (Å²) in [5.74, 6) is -0.747. The molecule has 0 aromatic heterocycles. The van der Waals surface area contributed by atoms with Crippen molar-refractivity contribution in [2.45, 2.75) is 36.4 Å². The predicted molar refractivity (Wildman–Crippen MR) is 74.4 cm³/mol. The Labute approximate surface area is 113 Å². The zero-order valence-corrected chi connectivity index (χ0v) is 13.5. The number of halogens is 4. The van der Waals surface area contributed by atoms with Crippen LogP contribution >= 0.6 is 19.8 Å². The quantitative estimate of drug-likeness (QED) is 0.436. The molecule has 1 N–H and O–H groups in total. The summed E-state index contributed by atoms with van der Waals surface area (Å²) in [7, 11) is 0. The fourth-order valence-corrected chi connectivity index (χ4v) is 4.57. The summed E-state index contributed by atoms with van der Waals surface area (Å²) >= 11 is -1.72. The number of alkyl halides is 6. The van der Waals surface area contributed by atoms with Crippen LogP contribution in [0, 0.1) is 0 Å². The molecule has 0 spiro atoms. The van der Waals surface area contributed by atoms with Gasteiger partial charge in [0.05, 0.1) is 0 Å². The van der Waals surface area contributed by atoms with Gasteiger partial charge in [-0.2, -0.15) is 0 Å². The maximum atomic E-state index is 12.1. The fourth-order valence-electron chi connectivity index (χ4n) is 1.44. The average Bonchev–Trinajstić information content (AvgIpc) is 2.23. The second-order valence-corrected chi connectivity index (χ2v) is 10.9. The van der Waals surface area contributed by atoms with Crippen molar-refractivity contribution < 1.29 is 22.7 Å². The molecule has 0 aliphatic rings. The second-order valence-electron chi connectivity index (χ2n) is 4.30. The van der Waals surface area contributed by atoms with Gasteiger partial charge >= 0.3 is 113 Å². The van der Waals surface area contributed by atoms with Crippen LogP contribution in [0.15, 0.2) is 0 Å². The summed E-state index contributed by atoms with van der Waals surface area (Å²) in [6, 6.07) is -0.191. The Morgan fingerprint density at radius 2 is 1.89 bits per heavy atom. The summed E-state index contributed by atoms with van der Waals surface area (Å²) < 4.78 is 39.8. The first-order valence-corrected chi connectivity index (χ1v) is 10.9. The van der Waals surface area contributed by atoms with E-state index in [1.54, 1.807) is 6.92 Å². The molecule has 2 atom stereocenters. The van der Waals surface area contributed by atoms with E-state index in [9.17, 15) is 18.0 Å². The summed E-state index contributed by atoms with van der Waals surface area (Å²) in [4.78, 5) is 15.8. The fraction of sp³-hybridized carbons (Fsp3) is 0.909. The van der Waals surface area contributed by atoms with E-state index < -0.39 is 42.0 Å². The minimum absolute atomic E-state index is 0.191. The molecule has 0 aromatic rings. The number of esters is 1. The third-order valence-electron chi connectivity index (χ3n) is 2.87. The van der Waals surface area contributed by atoms with Crippen LogP contribution in [0.4, 0.5) is 13.2 Å². The molecule has 0 amide bonds. The van der Waals surface area contributed by atoms with Crippen molar-refractivity contribution in [1.29, 1.82) is 0 Å². The van der Waals surface area contributed by atoms with Crippen LogP contribution in [-0.4, -0.2) is 44.6 Å². The number of hydrogen-bond donors (Lipinski definition) is 1. The van der Waals surface area contributed by atoms with Crippen LogP contribution in [0.25, 0.3) is 0 Å². The predicted octanol–water partition coefficient (Wildman–Crippen LogP) is 2.61. The van der Waals surface area contributed by atoms with Crippen LogP contribution in [0.3, 0.4) is 0 Å². The molecular weight excluding hydrogens is 362 g/mol. The Morgan fingerprint density at radius 1 is 1.39 bits per heavy atom. The number of ether oxygens (including phenoxy) is 1. The number of carbonyl (C=O) groups is 1. The van der Waals surface area contributed by atoms with Gasteiger partial charge in [0.2, 0.25) is 0 Å². The van der Waals surface area contributed by atoms with Gasteiger partial charge < -0.3 is 0 Å². The monoisotopic (exact) mass is 383 g/mol. The van der Waals surface area contributed by atoms with Crippen LogP contribution in [0.2, 0.25) is 0 Å². The summed E-state index contributed by atoms with van der Waals surface area (Å²) in [5, 5.41) is 3.10. The first-order chi connectivity index (χ1) is 8.05. The van der Waals surface area contributed by atoms with Crippen LogP contribution in [0.5, 0.6) is 0 Å². The number of nitrogens with one attached hydrogen (secondary N) is 1. The molecule has 0 heterocycles. The van der Waals surface area contributed by atoms with Gasteiger partial charge in [0, 0.05) is 0 Å². The van der Waals surface area contributed by atoms with Gasteiger partial charge in [0.15, 0.2) is 0 Å². The molecule has 2 unspecified atom stereocenters. The second kappa shape index (κ2) is 6.93. The summed E-state index contributed by atoms with van der Waals surface area (Å²) in [6.07, 6.45) is -4.47. The van der Waals surface area contributed by atoms with Crippen LogP contribution in [-0.2, 0) is 9.53 Å². The van der Waals surface area contributed by atoms with E-state index >= 15 is 0 Å². The third kappa shape index (κ3) is 4.91. The van der Waals surface area contributed by atoms with Crippen molar-refractivity contribution in [3.8, 4) is 0 Å². The third-order valence-corrected chi connectivity index (χ3v) is 8.73. The normalized spacial score (nSPS) is 17.9. The van der Waals surface area contributed by atoms with Gasteiger partial charge in [0.25, 0.3) is 0 Å². The zero-order chi connectivity index (χ0) is 14.6. The van der Waals surface area contributed by atoms with E-state index in [4.69, 9.17) is 0 Å². The Balaban J connectivity index is 4.83. The molecular formula is C11H21F3INO2. The van der Waals surface area contributed by atoms with Crippen molar-refractivity contribution in [2.24, 2.45) is 0 Å². The van der Waals surface area contributed by atoms with Gasteiger partial charge in [-0.05, 0) is 0 Å². The first kappa shape index (κ1) is 17.9. The summed E-state index contributed by atoms with van der Waals surface area (Å²) in [5.41, 5.74) is 0. The minimum atomic E-state index is -4.47. The van der Waals surface area contributed by atoms with Crippen molar-refractivity contribution in [3.05, 3.63) is 0 Å². The standard InChI is InChI=1S/C11H21F3INO2/c1-6-16-8(2)10(3,15(4)5)9(17)18-7-11(12,13)14/h8,16H,6-7H2,1-5H3. The summed E-state index contributed by atoms with van der Waals surface area (Å²) in [6.45, 7) is 4.55. The van der Waals surface area contributed by atoms with E-state index in [1.165, 1.54) is 0 Å². The van der Waals surface area contributed by atoms with Crippen molar-refractivity contribution in [1.82, 2.24) is 5.32 Å². The number of rotatable bonds is 6. The van der Waals surface area contributed by atoms with E-state index in [1.807, 2.05) is 23.7 Å². The van der Waals surface area contributed by atoms with Gasteiger partial charge in [-0.15, -0.1) is 0 Å². The average molecular weight is 383 g/mol. The topological polar surface area (TPSA) is 38.3 Å². The molecule has 7 heteroatoms. The van der Waals surface area contributed by atoms with Gasteiger partial charge in [-0.25, -0.2) is 0 Å². The van der Waals surface area contributed by atoms with E-state index in [0.29, 0.717) is 6.54 Å². The molecule has 18 heavy (non-hydrogen) atoms. The number of carbonyl (C=O) groups excluding carboxylic acids is 1. The molecule has 0 aliphatic heterocycles. The molecule has 0 radical (unpaired) electrons. The van der Waals surface area contributed by atoms with Gasteiger partial charge in [-0.3, -0.25) is 0 Å². The zero-order valence-electron chi connectivity index (χ0n) is 11.3. The molecule has 0 aliphatic carbocycles. The van der Waals surface area contributed by atoms with Gasteiger partial charge in [0.1, 0.15) is 0 Å². The molecule has 0 fully saturated rings.